The topological polar surface area (TPSA) is 86.5 Å². The number of nitrogens with zero attached hydrogens (tertiary/aromatic N) is 3. The predicted molar refractivity (Wildman–Crippen MR) is 166 cm³/mol. The Bertz CT molecular complexity index is 1460. The van der Waals surface area contributed by atoms with Crippen LogP contribution in [0, 0.1) is 5.41 Å². The maximum absolute atomic E-state index is 11.8. The van der Waals surface area contributed by atoms with Crippen LogP contribution in [0.5, 0.6) is 5.75 Å². The molecule has 4 rings (SSSR count). The van der Waals surface area contributed by atoms with Crippen LogP contribution in [0.1, 0.15) is 26.3 Å². The second-order valence-corrected chi connectivity index (χ2v) is 17.9. The van der Waals surface area contributed by atoms with Crippen LogP contribution in [0.2, 0.25) is 25.7 Å². The molecule has 8 heteroatoms. The van der Waals surface area contributed by atoms with E-state index in [1.165, 1.54) is 0 Å². The van der Waals surface area contributed by atoms with Crippen LogP contribution in [0.15, 0.2) is 73.1 Å². The first kappa shape index (κ1) is 30.4. The molecule has 0 amide bonds. The van der Waals surface area contributed by atoms with Crippen LogP contribution in [-0.4, -0.2) is 46.7 Å². The average Bonchev–Trinajstić information content (AvgIpc) is 3.38. The van der Waals surface area contributed by atoms with Gasteiger partial charge >= 0.3 is 0 Å². The first-order chi connectivity index (χ1) is 19.4. The smallest absolute Gasteiger partial charge is 0.144 e. The number of carbonyl (C=O) groups is 1. The van der Waals surface area contributed by atoms with E-state index in [1.54, 1.807) is 6.92 Å². The van der Waals surface area contributed by atoms with Crippen molar-refractivity contribution in [3.8, 4) is 39.7 Å². The number of rotatable bonds is 13. The van der Waals surface area contributed by atoms with E-state index in [-0.39, 0.29) is 12.4 Å². The molecule has 2 aromatic heterocycles. The molecule has 216 valence electrons. The molecule has 0 unspecified atom stereocenters. The fraction of sp³-hybridized carbons (Fsp3) is 0.364. The first-order valence-electron chi connectivity index (χ1n) is 14.0. The number of ether oxygens (including phenoxy) is 2. The summed E-state index contributed by atoms with van der Waals surface area (Å²) in [5.74, 6) is 1.59. The number of pyridine rings is 1. The summed E-state index contributed by atoms with van der Waals surface area (Å²) in [4.78, 5) is 21.5. The normalized spacial score (nSPS) is 12.0. The van der Waals surface area contributed by atoms with Crippen molar-refractivity contribution in [2.24, 2.45) is 5.41 Å². The Hall–Kier alpha value is -3.59. The number of hydrogen-bond acceptors (Lipinski definition) is 6. The number of benzene rings is 2. The highest BCUT2D eigenvalue weighted by molar-refractivity contribution is 6.76. The van der Waals surface area contributed by atoms with Crippen LogP contribution in [0.3, 0.4) is 0 Å². The molecule has 4 aromatic rings. The molecule has 0 saturated carbocycles. The molecule has 0 saturated heterocycles. The quantitative estimate of drug-likeness (QED) is 0.136. The van der Waals surface area contributed by atoms with Crippen molar-refractivity contribution in [1.82, 2.24) is 14.5 Å². The van der Waals surface area contributed by atoms with Crippen LogP contribution >= 0.6 is 0 Å². The maximum Gasteiger partial charge on any atom is 0.144 e. The van der Waals surface area contributed by atoms with E-state index in [4.69, 9.17) is 19.4 Å². The van der Waals surface area contributed by atoms with E-state index in [0.29, 0.717) is 25.7 Å². The molecule has 0 spiro atoms. The van der Waals surface area contributed by atoms with Crippen LogP contribution in [-0.2, 0) is 22.9 Å². The predicted octanol–water partition coefficient (Wildman–Crippen LogP) is 7.08. The van der Waals surface area contributed by atoms with Gasteiger partial charge in [-0.2, -0.15) is 0 Å². The molecule has 0 bridgehead atoms. The van der Waals surface area contributed by atoms with Crippen LogP contribution in [0.4, 0.5) is 0 Å². The third-order valence-corrected chi connectivity index (χ3v) is 8.84. The minimum atomic E-state index is -1.20. The molecular formula is C33H41N3O4Si. The van der Waals surface area contributed by atoms with Crippen molar-refractivity contribution in [2.45, 2.75) is 59.8 Å². The average molecular weight is 572 g/mol. The van der Waals surface area contributed by atoms with Crippen molar-refractivity contribution >= 4 is 13.9 Å². The van der Waals surface area contributed by atoms with Crippen molar-refractivity contribution in [3.05, 3.63) is 78.6 Å². The molecule has 7 nitrogen and oxygen atoms in total. The Kier molecular flexibility index (Phi) is 9.58. The van der Waals surface area contributed by atoms with Gasteiger partial charge in [-0.3, -0.25) is 9.78 Å². The monoisotopic (exact) mass is 571 g/mol. The minimum Gasteiger partial charge on any atom is -0.493 e. The lowest BCUT2D eigenvalue weighted by molar-refractivity contribution is -0.126. The van der Waals surface area contributed by atoms with Gasteiger partial charge in [0.2, 0.25) is 0 Å². The summed E-state index contributed by atoms with van der Waals surface area (Å²) >= 11 is 0. The Labute approximate surface area is 244 Å². The van der Waals surface area contributed by atoms with Crippen molar-refractivity contribution in [1.29, 1.82) is 0 Å². The number of aliphatic hydroxyl groups excluding tert-OH is 1. The Morgan fingerprint density at radius 1 is 0.976 bits per heavy atom. The SMILES string of the molecule is CC(=O)C(C)(C)COc1ccc(-c2ccc(-c3nc(-c4cccc(CO)c4)cn3COCC[Si](C)(C)C)cn2)cc1. The number of hydrogen-bond donors (Lipinski definition) is 1. The zero-order valence-electron chi connectivity index (χ0n) is 25.0. The second-order valence-electron chi connectivity index (χ2n) is 12.3. The van der Waals surface area contributed by atoms with E-state index in [9.17, 15) is 9.90 Å². The summed E-state index contributed by atoms with van der Waals surface area (Å²) in [5.41, 5.74) is 4.77. The van der Waals surface area contributed by atoms with E-state index >= 15 is 0 Å². The number of imidazole rings is 1. The molecule has 0 radical (unpaired) electrons. The lowest BCUT2D eigenvalue weighted by Gasteiger charge is -2.21. The van der Waals surface area contributed by atoms with Gasteiger partial charge in [0.1, 0.15) is 30.7 Å². The zero-order valence-corrected chi connectivity index (χ0v) is 26.0. The highest BCUT2D eigenvalue weighted by Crippen LogP contribution is 2.28. The van der Waals surface area contributed by atoms with Gasteiger partial charge in [-0.15, -0.1) is 0 Å². The van der Waals surface area contributed by atoms with Crippen LogP contribution in [0.25, 0.3) is 33.9 Å². The fourth-order valence-electron chi connectivity index (χ4n) is 4.04. The van der Waals surface area contributed by atoms with Gasteiger partial charge in [0.15, 0.2) is 0 Å². The Morgan fingerprint density at radius 3 is 2.34 bits per heavy atom. The summed E-state index contributed by atoms with van der Waals surface area (Å²) in [6.07, 6.45) is 3.84. The molecule has 0 atom stereocenters. The first-order valence-corrected chi connectivity index (χ1v) is 17.7. The number of aliphatic hydroxyl groups is 1. The number of aromatic nitrogens is 3. The summed E-state index contributed by atoms with van der Waals surface area (Å²) in [6, 6.07) is 20.6. The summed E-state index contributed by atoms with van der Waals surface area (Å²) in [7, 11) is -1.20. The molecule has 0 aliphatic rings. The van der Waals surface area contributed by atoms with E-state index < -0.39 is 13.5 Å². The van der Waals surface area contributed by atoms with Gasteiger partial charge in [-0.25, -0.2) is 4.98 Å². The third-order valence-electron chi connectivity index (χ3n) is 7.13. The largest absolute Gasteiger partial charge is 0.493 e. The maximum atomic E-state index is 11.8. The van der Waals surface area contributed by atoms with Crippen molar-refractivity contribution in [3.63, 3.8) is 0 Å². The highest BCUT2D eigenvalue weighted by atomic mass is 28.3. The number of carbonyl (C=O) groups excluding carboxylic acids is 1. The van der Waals surface area contributed by atoms with Gasteiger partial charge in [0, 0.05) is 43.8 Å². The molecule has 2 heterocycles. The minimum absolute atomic E-state index is 0.0178. The van der Waals surface area contributed by atoms with Crippen molar-refractivity contribution in [2.75, 3.05) is 13.2 Å². The number of Topliss-reactive ketones (excluding diaryl/α,β-unsaturated/α-hetero) is 1. The van der Waals surface area contributed by atoms with Crippen molar-refractivity contribution < 1.29 is 19.4 Å². The van der Waals surface area contributed by atoms with Crippen LogP contribution < -0.4 is 4.74 Å². The Morgan fingerprint density at radius 2 is 1.71 bits per heavy atom. The lowest BCUT2D eigenvalue weighted by atomic mass is 9.90. The summed E-state index contributed by atoms with van der Waals surface area (Å²) in [5, 5.41) is 9.60. The zero-order chi connectivity index (χ0) is 29.6. The van der Waals surface area contributed by atoms with E-state index in [2.05, 4.69) is 19.6 Å². The standard InChI is InChI=1S/C33H41N3O4Si/c1-24(38)33(2,3)22-40-29-13-10-26(11-14-29)30-15-12-28(19-34-30)32-35-31(27-9-7-8-25(18-27)21-37)20-36(32)23-39-16-17-41(4,5)6/h7-15,18-20,37H,16-17,21-23H2,1-6H3. The molecule has 41 heavy (non-hydrogen) atoms. The molecule has 1 N–H and O–H groups in total. The summed E-state index contributed by atoms with van der Waals surface area (Å²) in [6.45, 7) is 13.8. The molecular weight excluding hydrogens is 530 g/mol. The van der Waals surface area contributed by atoms with Gasteiger partial charge in [-0.1, -0.05) is 37.8 Å². The molecule has 2 aromatic carbocycles. The summed E-state index contributed by atoms with van der Waals surface area (Å²) < 4.78 is 14.0. The third kappa shape index (κ3) is 8.22. The Balaban J connectivity index is 1.54. The van der Waals surface area contributed by atoms with Gasteiger partial charge in [0.25, 0.3) is 0 Å². The fourth-order valence-corrected chi connectivity index (χ4v) is 4.79. The van der Waals surface area contributed by atoms with Gasteiger partial charge < -0.3 is 19.1 Å². The molecule has 0 fully saturated rings. The van der Waals surface area contributed by atoms with Gasteiger partial charge in [-0.05, 0) is 74.8 Å². The van der Waals surface area contributed by atoms with E-state index in [1.807, 2.05) is 91.5 Å². The second kappa shape index (κ2) is 12.9. The highest BCUT2D eigenvalue weighted by Gasteiger charge is 2.24. The lowest BCUT2D eigenvalue weighted by Crippen LogP contribution is -2.28. The number of ketones is 1. The molecule has 0 aliphatic carbocycles. The molecule has 0 aliphatic heterocycles. The van der Waals surface area contributed by atoms with Gasteiger partial charge in [0.05, 0.1) is 23.4 Å². The van der Waals surface area contributed by atoms with E-state index in [0.717, 1.165) is 45.5 Å².